The number of piperazine rings is 1. The van der Waals surface area contributed by atoms with Gasteiger partial charge >= 0.3 is 5.82 Å². The number of aromatic nitrogens is 2. The van der Waals surface area contributed by atoms with Gasteiger partial charge in [-0.3, -0.25) is 0 Å². The summed E-state index contributed by atoms with van der Waals surface area (Å²) in [5, 5.41) is 17.0. The lowest BCUT2D eigenvalue weighted by Crippen LogP contribution is -2.54. The summed E-state index contributed by atoms with van der Waals surface area (Å²) in [6, 6.07) is 0. The molecular formula is C11H17N7O2S. The molecule has 9 nitrogen and oxygen atoms in total. The third-order valence-corrected chi connectivity index (χ3v) is 4.30. The molecule has 2 aliphatic heterocycles. The average Bonchev–Trinajstić information content (AvgIpc) is 3.05. The number of hydrazine groups is 2. The van der Waals surface area contributed by atoms with Gasteiger partial charge in [0.25, 0.3) is 0 Å². The van der Waals surface area contributed by atoms with Crippen molar-refractivity contribution in [3.63, 3.8) is 0 Å². The molecule has 1 aromatic heterocycles. The van der Waals surface area contributed by atoms with Crippen LogP contribution in [0.25, 0.3) is 5.70 Å². The van der Waals surface area contributed by atoms with Crippen LogP contribution in [0.5, 0.6) is 0 Å². The maximum absolute atomic E-state index is 10.9. The van der Waals surface area contributed by atoms with Crippen molar-refractivity contribution >= 4 is 23.5 Å². The fraction of sp³-hybridized carbons (Fsp3) is 0.545. The lowest BCUT2D eigenvalue weighted by molar-refractivity contribution is -0.391. The molecule has 0 unspecified atom stereocenters. The van der Waals surface area contributed by atoms with Crippen LogP contribution < -0.4 is 4.83 Å². The number of nitrogens with zero attached hydrogens (tertiary/aromatic N) is 6. The molecule has 0 saturated carbocycles. The topological polar surface area (TPSA) is 82.7 Å². The zero-order valence-corrected chi connectivity index (χ0v) is 12.7. The van der Waals surface area contributed by atoms with E-state index in [0.717, 1.165) is 31.9 Å². The van der Waals surface area contributed by atoms with Gasteiger partial charge in [0.05, 0.1) is 7.05 Å². The minimum Gasteiger partial charge on any atom is -0.358 e. The molecule has 0 radical (unpaired) electrons. The Labute approximate surface area is 126 Å². The SMILES string of the molecule is CN1CCN(N2NSC=C2c2ncc([N+](=O)[O-])n2C)CC1. The summed E-state index contributed by atoms with van der Waals surface area (Å²) in [6.45, 7) is 3.76. The smallest absolute Gasteiger partial charge is 0.342 e. The summed E-state index contributed by atoms with van der Waals surface area (Å²) in [5.41, 5.74) is 0.833. The molecule has 114 valence electrons. The number of nitro groups is 1. The van der Waals surface area contributed by atoms with Crippen LogP contribution in [0.4, 0.5) is 5.82 Å². The van der Waals surface area contributed by atoms with Crippen molar-refractivity contribution in [3.8, 4) is 0 Å². The molecule has 21 heavy (non-hydrogen) atoms. The van der Waals surface area contributed by atoms with Crippen LogP contribution >= 0.6 is 11.9 Å². The quantitative estimate of drug-likeness (QED) is 0.483. The van der Waals surface area contributed by atoms with E-state index in [9.17, 15) is 10.1 Å². The first-order chi connectivity index (χ1) is 10.1. The van der Waals surface area contributed by atoms with Crippen molar-refractivity contribution in [2.75, 3.05) is 33.2 Å². The van der Waals surface area contributed by atoms with Crippen molar-refractivity contribution in [2.45, 2.75) is 0 Å². The lowest BCUT2D eigenvalue weighted by atomic mass is 10.4. The van der Waals surface area contributed by atoms with E-state index in [1.54, 1.807) is 7.05 Å². The van der Waals surface area contributed by atoms with E-state index in [2.05, 4.69) is 26.8 Å². The fourth-order valence-electron chi connectivity index (χ4n) is 2.39. The number of rotatable bonds is 3. The van der Waals surface area contributed by atoms with Crippen molar-refractivity contribution < 1.29 is 4.92 Å². The molecule has 0 spiro atoms. The second-order valence-corrected chi connectivity index (χ2v) is 5.69. The standard InChI is InChI=1S/C11H17N7O2S/c1-14-3-5-16(6-4-14)17-9(8-21-13-17)11-12-7-10(15(11)2)18(19)20/h7-8,13H,3-6H2,1-2H3. The molecule has 2 aliphatic rings. The van der Waals surface area contributed by atoms with E-state index in [0.29, 0.717) is 5.82 Å². The number of hydrogen-bond acceptors (Lipinski definition) is 8. The van der Waals surface area contributed by atoms with E-state index in [4.69, 9.17) is 0 Å². The van der Waals surface area contributed by atoms with Gasteiger partial charge in [0.2, 0.25) is 5.82 Å². The second kappa shape index (κ2) is 5.64. The largest absolute Gasteiger partial charge is 0.358 e. The second-order valence-electron chi connectivity index (χ2n) is 5.04. The van der Waals surface area contributed by atoms with Gasteiger partial charge < -0.3 is 15.0 Å². The van der Waals surface area contributed by atoms with Gasteiger partial charge in [0.15, 0.2) is 0 Å². The van der Waals surface area contributed by atoms with Crippen LogP contribution in [-0.4, -0.2) is 62.7 Å². The Kier molecular flexibility index (Phi) is 3.85. The Morgan fingerprint density at radius 1 is 1.33 bits per heavy atom. The van der Waals surface area contributed by atoms with Gasteiger partial charge in [-0.15, -0.1) is 0 Å². The van der Waals surface area contributed by atoms with Gasteiger partial charge in [-0.2, -0.15) is 4.83 Å². The van der Waals surface area contributed by atoms with Crippen LogP contribution in [0.3, 0.4) is 0 Å². The highest BCUT2D eigenvalue weighted by molar-refractivity contribution is 8.00. The number of hydrogen-bond donors (Lipinski definition) is 1. The third-order valence-electron chi connectivity index (χ3n) is 3.68. The predicted octanol–water partition coefficient (Wildman–Crippen LogP) is 0.257. The molecule has 0 aromatic carbocycles. The molecule has 0 atom stereocenters. The maximum atomic E-state index is 10.9. The molecule has 1 fully saturated rings. The molecule has 10 heteroatoms. The Morgan fingerprint density at radius 3 is 2.67 bits per heavy atom. The van der Waals surface area contributed by atoms with Gasteiger partial charge in [-0.25, -0.2) is 19.7 Å². The van der Waals surface area contributed by atoms with Crippen LogP contribution in [0.2, 0.25) is 0 Å². The molecule has 0 bridgehead atoms. The first-order valence-electron chi connectivity index (χ1n) is 6.59. The highest BCUT2D eigenvalue weighted by Crippen LogP contribution is 2.29. The molecule has 0 aliphatic carbocycles. The highest BCUT2D eigenvalue weighted by atomic mass is 32.2. The molecule has 1 saturated heterocycles. The third kappa shape index (κ3) is 2.62. The summed E-state index contributed by atoms with van der Waals surface area (Å²) in [7, 11) is 3.76. The number of likely N-dealkylation sites (N-methyl/N-ethyl adjacent to an activating group) is 1. The normalized spacial score (nSPS) is 20.9. The summed E-state index contributed by atoms with van der Waals surface area (Å²) in [4.78, 5) is 20.2. The van der Waals surface area contributed by atoms with E-state index < -0.39 is 4.92 Å². The van der Waals surface area contributed by atoms with E-state index in [1.807, 2.05) is 10.5 Å². The van der Waals surface area contributed by atoms with Gasteiger partial charge in [-0.1, -0.05) is 0 Å². The Bertz CT molecular complexity index is 579. The van der Waals surface area contributed by atoms with Crippen molar-refractivity contribution in [1.29, 1.82) is 0 Å². The van der Waals surface area contributed by atoms with E-state index in [1.165, 1.54) is 22.7 Å². The summed E-state index contributed by atoms with van der Waals surface area (Å²) >= 11 is 1.44. The first kappa shape index (κ1) is 14.3. The van der Waals surface area contributed by atoms with Crippen LogP contribution in [0, 0.1) is 10.1 Å². The Balaban J connectivity index is 1.83. The zero-order chi connectivity index (χ0) is 15.0. The fourth-order valence-corrected chi connectivity index (χ4v) is 3.08. The summed E-state index contributed by atoms with van der Waals surface area (Å²) in [5.74, 6) is 0.569. The molecule has 0 amide bonds. The zero-order valence-electron chi connectivity index (χ0n) is 11.9. The molecular weight excluding hydrogens is 294 g/mol. The number of nitrogens with one attached hydrogen (secondary N) is 1. The highest BCUT2D eigenvalue weighted by Gasteiger charge is 2.31. The molecule has 1 N–H and O–H groups in total. The van der Waals surface area contributed by atoms with Gasteiger partial charge in [0.1, 0.15) is 11.9 Å². The van der Waals surface area contributed by atoms with Crippen LogP contribution in [-0.2, 0) is 7.05 Å². The molecule has 3 heterocycles. The van der Waals surface area contributed by atoms with Crippen molar-refractivity contribution in [2.24, 2.45) is 7.05 Å². The summed E-state index contributed by atoms with van der Waals surface area (Å²) < 4.78 is 1.50. The summed E-state index contributed by atoms with van der Waals surface area (Å²) in [6.07, 6.45) is 1.29. The van der Waals surface area contributed by atoms with Crippen LogP contribution in [0.15, 0.2) is 11.6 Å². The maximum Gasteiger partial charge on any atom is 0.342 e. The molecule has 3 rings (SSSR count). The van der Waals surface area contributed by atoms with Gasteiger partial charge in [-0.05, 0) is 23.9 Å². The Hall–Kier alpha value is -1.62. The minimum atomic E-state index is -0.424. The predicted molar refractivity (Wildman–Crippen MR) is 79.5 cm³/mol. The van der Waals surface area contributed by atoms with E-state index in [-0.39, 0.29) is 5.82 Å². The van der Waals surface area contributed by atoms with Gasteiger partial charge in [0, 0.05) is 31.6 Å². The van der Waals surface area contributed by atoms with Crippen molar-refractivity contribution in [3.05, 3.63) is 27.5 Å². The number of imidazole rings is 1. The van der Waals surface area contributed by atoms with Crippen LogP contribution in [0.1, 0.15) is 5.82 Å². The van der Waals surface area contributed by atoms with Crippen molar-refractivity contribution in [1.82, 2.24) is 29.4 Å². The average molecular weight is 311 g/mol. The monoisotopic (exact) mass is 311 g/mol. The van der Waals surface area contributed by atoms with E-state index >= 15 is 0 Å². The molecule has 1 aromatic rings. The minimum absolute atomic E-state index is 0.0128. The Morgan fingerprint density at radius 2 is 2.05 bits per heavy atom. The lowest BCUT2D eigenvalue weighted by Gasteiger charge is -2.38. The first-order valence-corrected chi connectivity index (χ1v) is 7.47.